The average Bonchev–Trinajstić information content (AvgIpc) is 3.50. The third-order valence-electron chi connectivity index (χ3n) is 9.22. The molecular formula is C44H30N4O. The van der Waals surface area contributed by atoms with Crippen molar-refractivity contribution in [1.82, 2.24) is 14.1 Å². The molecule has 0 spiro atoms. The maximum atomic E-state index is 12.5. The third kappa shape index (κ3) is 4.96. The Balaban J connectivity index is 1.13. The fraction of sp³-hybridized carbons (Fsp3) is 0. The van der Waals surface area contributed by atoms with Crippen molar-refractivity contribution in [2.75, 3.05) is 4.90 Å². The quantitative estimate of drug-likeness (QED) is 0.184. The molecule has 3 aromatic heterocycles. The van der Waals surface area contributed by atoms with Crippen LogP contribution in [0.5, 0.6) is 0 Å². The van der Waals surface area contributed by atoms with Gasteiger partial charge in [0.15, 0.2) is 5.43 Å². The summed E-state index contributed by atoms with van der Waals surface area (Å²) in [6.45, 7) is 0. The van der Waals surface area contributed by atoms with Gasteiger partial charge in [-0.2, -0.15) is 0 Å². The molecule has 0 bridgehead atoms. The van der Waals surface area contributed by atoms with E-state index in [0.717, 1.165) is 66.9 Å². The van der Waals surface area contributed by atoms with Gasteiger partial charge in [0.1, 0.15) is 0 Å². The van der Waals surface area contributed by atoms with Crippen molar-refractivity contribution in [2.24, 2.45) is 0 Å². The van der Waals surface area contributed by atoms with Crippen molar-refractivity contribution in [3.05, 3.63) is 193 Å². The zero-order valence-corrected chi connectivity index (χ0v) is 26.5. The molecule has 0 aliphatic heterocycles. The Morgan fingerprint density at radius 2 is 1.18 bits per heavy atom. The number of hydrogen-bond acceptors (Lipinski definition) is 3. The number of benzene rings is 6. The summed E-state index contributed by atoms with van der Waals surface area (Å²) in [4.78, 5) is 19.3. The second kappa shape index (κ2) is 11.8. The summed E-state index contributed by atoms with van der Waals surface area (Å²) in [5.74, 6) is 0. The molecule has 0 aliphatic carbocycles. The van der Waals surface area contributed by atoms with Gasteiger partial charge in [0, 0.05) is 69.3 Å². The largest absolute Gasteiger partial charge is 0.316 e. The van der Waals surface area contributed by atoms with Gasteiger partial charge in [-0.1, -0.05) is 72.8 Å². The molecule has 9 aromatic rings. The van der Waals surface area contributed by atoms with Gasteiger partial charge >= 0.3 is 0 Å². The van der Waals surface area contributed by atoms with Gasteiger partial charge < -0.3 is 14.0 Å². The number of para-hydroxylation sites is 3. The molecule has 0 fully saturated rings. The molecule has 9 rings (SSSR count). The van der Waals surface area contributed by atoms with Crippen molar-refractivity contribution in [3.63, 3.8) is 0 Å². The fourth-order valence-electron chi connectivity index (χ4n) is 6.94. The smallest absolute Gasteiger partial charge is 0.189 e. The zero-order chi connectivity index (χ0) is 32.7. The van der Waals surface area contributed by atoms with Gasteiger partial charge in [0.2, 0.25) is 0 Å². The van der Waals surface area contributed by atoms with E-state index in [1.807, 2.05) is 55.0 Å². The molecule has 0 saturated carbocycles. The number of nitrogens with zero attached hydrogens (tertiary/aromatic N) is 4. The minimum atomic E-state index is 0.0281. The van der Waals surface area contributed by atoms with Crippen LogP contribution in [0.15, 0.2) is 187 Å². The van der Waals surface area contributed by atoms with Gasteiger partial charge in [0.05, 0.1) is 16.6 Å². The van der Waals surface area contributed by atoms with Crippen molar-refractivity contribution < 1.29 is 0 Å². The molecule has 5 nitrogen and oxygen atoms in total. The molecule has 0 radical (unpaired) electrons. The van der Waals surface area contributed by atoms with Crippen molar-refractivity contribution in [3.8, 4) is 22.5 Å². The predicted octanol–water partition coefficient (Wildman–Crippen LogP) is 10.6. The van der Waals surface area contributed by atoms with E-state index in [9.17, 15) is 4.79 Å². The van der Waals surface area contributed by atoms with Crippen LogP contribution in [-0.4, -0.2) is 14.1 Å². The highest BCUT2D eigenvalue weighted by molar-refractivity contribution is 6.10. The number of pyridine rings is 2. The van der Waals surface area contributed by atoms with Gasteiger partial charge in [0.25, 0.3) is 0 Å². The summed E-state index contributed by atoms with van der Waals surface area (Å²) in [7, 11) is 0. The van der Waals surface area contributed by atoms with E-state index in [4.69, 9.17) is 0 Å². The van der Waals surface area contributed by atoms with E-state index in [1.54, 1.807) is 6.07 Å². The lowest BCUT2D eigenvalue weighted by molar-refractivity contribution is 1.10. The van der Waals surface area contributed by atoms with Crippen molar-refractivity contribution >= 4 is 49.8 Å². The first-order valence-corrected chi connectivity index (χ1v) is 16.3. The molecule has 0 N–H and O–H groups in total. The van der Waals surface area contributed by atoms with E-state index >= 15 is 0 Å². The number of fused-ring (bicyclic) bond motifs is 4. The molecular weight excluding hydrogens is 601 g/mol. The molecule has 0 unspecified atom stereocenters. The van der Waals surface area contributed by atoms with Crippen LogP contribution in [-0.2, 0) is 0 Å². The van der Waals surface area contributed by atoms with Gasteiger partial charge in [-0.3, -0.25) is 9.78 Å². The second-order valence-electron chi connectivity index (χ2n) is 12.1. The second-order valence-corrected chi connectivity index (χ2v) is 12.1. The highest BCUT2D eigenvalue weighted by Crippen LogP contribution is 2.39. The summed E-state index contributed by atoms with van der Waals surface area (Å²) in [5.41, 5.74) is 10.7. The van der Waals surface area contributed by atoms with Crippen LogP contribution in [0.25, 0.3) is 55.2 Å². The summed E-state index contributed by atoms with van der Waals surface area (Å²) >= 11 is 0. The summed E-state index contributed by atoms with van der Waals surface area (Å²) in [6, 6.07) is 56.3. The molecule has 0 amide bonds. The van der Waals surface area contributed by atoms with Crippen LogP contribution in [0.4, 0.5) is 17.1 Å². The lowest BCUT2D eigenvalue weighted by atomic mass is 10.0. The van der Waals surface area contributed by atoms with Crippen LogP contribution >= 0.6 is 0 Å². The molecule has 0 aliphatic rings. The summed E-state index contributed by atoms with van der Waals surface area (Å²) in [5, 5.41) is 2.95. The SMILES string of the molecule is O=c1ccn(-c2cccc(-c3ccc(-n4c5ccncc5c5cc(N(c6ccccc6)c6ccccc6)ccc54)cc3)c2)c2ccccc12. The molecule has 0 saturated heterocycles. The minimum Gasteiger partial charge on any atom is -0.316 e. The molecule has 49 heavy (non-hydrogen) atoms. The Kier molecular flexibility index (Phi) is 6.87. The van der Waals surface area contributed by atoms with E-state index < -0.39 is 0 Å². The first kappa shape index (κ1) is 28.5. The Bertz CT molecular complexity index is 2640. The van der Waals surface area contributed by atoms with E-state index in [2.05, 4.69) is 140 Å². The maximum absolute atomic E-state index is 12.5. The molecule has 5 heteroatoms. The minimum absolute atomic E-state index is 0.0281. The van der Waals surface area contributed by atoms with Gasteiger partial charge in [-0.15, -0.1) is 0 Å². The lowest BCUT2D eigenvalue weighted by Crippen LogP contribution is -2.09. The molecule has 3 heterocycles. The Hall–Kier alpha value is -6.72. The zero-order valence-electron chi connectivity index (χ0n) is 26.5. The Morgan fingerprint density at radius 3 is 1.96 bits per heavy atom. The monoisotopic (exact) mass is 630 g/mol. The number of aromatic nitrogens is 3. The molecule has 0 atom stereocenters. The number of rotatable bonds is 6. The third-order valence-corrected chi connectivity index (χ3v) is 9.22. The predicted molar refractivity (Wildman–Crippen MR) is 202 cm³/mol. The topological polar surface area (TPSA) is 43.1 Å². The summed E-state index contributed by atoms with van der Waals surface area (Å²) in [6.07, 6.45) is 5.68. The molecule has 6 aromatic carbocycles. The van der Waals surface area contributed by atoms with Gasteiger partial charge in [-0.25, -0.2) is 0 Å². The Labute approximate surface area is 283 Å². The fourth-order valence-corrected chi connectivity index (χ4v) is 6.94. The van der Waals surface area contributed by atoms with Gasteiger partial charge in [-0.05, 0) is 96.1 Å². The first-order chi connectivity index (χ1) is 24.2. The van der Waals surface area contributed by atoms with Crippen LogP contribution < -0.4 is 10.3 Å². The standard InChI is InChI=1S/C44H30N4O/c49-44-25-27-46(41-17-8-7-16-38(41)44)36-15-9-10-32(28-36)31-18-20-35(21-19-31)48-42-23-22-37(29-39(42)40-30-45-26-24-43(40)48)47(33-11-3-1-4-12-33)34-13-5-2-6-14-34/h1-30H. The number of anilines is 3. The van der Waals surface area contributed by atoms with Crippen molar-refractivity contribution in [2.45, 2.75) is 0 Å². The average molecular weight is 631 g/mol. The van der Waals surface area contributed by atoms with Crippen molar-refractivity contribution in [1.29, 1.82) is 0 Å². The Morgan fingerprint density at radius 1 is 0.469 bits per heavy atom. The molecule has 232 valence electrons. The number of hydrogen-bond donors (Lipinski definition) is 0. The van der Waals surface area contributed by atoms with Crippen LogP contribution in [0.3, 0.4) is 0 Å². The highest BCUT2D eigenvalue weighted by atomic mass is 16.1. The van der Waals surface area contributed by atoms with Crippen LogP contribution in [0.1, 0.15) is 0 Å². The van der Waals surface area contributed by atoms with E-state index in [-0.39, 0.29) is 5.43 Å². The highest BCUT2D eigenvalue weighted by Gasteiger charge is 2.17. The summed E-state index contributed by atoms with van der Waals surface area (Å²) < 4.78 is 4.39. The van der Waals surface area contributed by atoms with Crippen LogP contribution in [0.2, 0.25) is 0 Å². The first-order valence-electron chi connectivity index (χ1n) is 16.3. The van der Waals surface area contributed by atoms with Crippen LogP contribution in [0, 0.1) is 0 Å². The lowest BCUT2D eigenvalue weighted by Gasteiger charge is -2.25. The normalized spacial score (nSPS) is 11.3. The maximum Gasteiger partial charge on any atom is 0.189 e. The van der Waals surface area contributed by atoms with E-state index in [0.29, 0.717) is 5.39 Å². The van der Waals surface area contributed by atoms with E-state index in [1.165, 1.54) is 0 Å².